The van der Waals surface area contributed by atoms with Gasteiger partial charge in [-0.1, -0.05) is 62.3 Å². The molecule has 6 rings (SSSR count). The molecule has 0 radical (unpaired) electrons. The molecule has 0 bridgehead atoms. The molecule has 1 amide bonds. The maximum atomic E-state index is 14.0. The second kappa shape index (κ2) is 12.2. The highest BCUT2D eigenvalue weighted by Crippen LogP contribution is 2.76. The van der Waals surface area contributed by atoms with E-state index in [9.17, 15) is 27.6 Å². The van der Waals surface area contributed by atoms with Crippen LogP contribution in [0.4, 0.5) is 0 Å². The number of fused-ring (bicyclic) bond motifs is 7. The number of nitrogens with one attached hydrogen (secondary N) is 2. The van der Waals surface area contributed by atoms with Crippen molar-refractivity contribution in [3.05, 3.63) is 11.1 Å². The molecule has 5 fully saturated rings. The molecule has 0 aromatic rings. The Morgan fingerprint density at radius 2 is 1.54 bits per heavy atom. The van der Waals surface area contributed by atoms with Crippen LogP contribution < -0.4 is 10.0 Å². The predicted octanol–water partition coefficient (Wildman–Crippen LogP) is 6.94. The number of allylic oxidation sites excluding steroid dienone is 1. The van der Waals surface area contributed by atoms with Crippen LogP contribution in [0.3, 0.4) is 0 Å². The number of hydrogen-bond donors (Lipinski definition) is 2. The summed E-state index contributed by atoms with van der Waals surface area (Å²) >= 11 is 0. The average Bonchev–Trinajstić information content (AvgIpc) is 3.29. The Kier molecular flexibility index (Phi) is 9.31. The van der Waals surface area contributed by atoms with E-state index in [0.29, 0.717) is 24.7 Å². The molecule has 0 unspecified atom stereocenters. The van der Waals surface area contributed by atoms with Gasteiger partial charge in [0.05, 0.1) is 17.7 Å². The Bertz CT molecular complexity index is 1690. The molecule has 0 spiro atoms. The van der Waals surface area contributed by atoms with Crippen LogP contribution in [0.1, 0.15) is 140 Å². The van der Waals surface area contributed by atoms with E-state index in [-0.39, 0.29) is 75.0 Å². The number of rotatable bonds is 8. The largest absolute Gasteiger partial charge is 0.462 e. The fourth-order valence-corrected chi connectivity index (χ4v) is 14.7. The molecule has 9 nitrogen and oxygen atoms in total. The Balaban J connectivity index is 1.29. The van der Waals surface area contributed by atoms with Crippen molar-refractivity contribution in [1.29, 1.82) is 0 Å². The van der Waals surface area contributed by atoms with Crippen molar-refractivity contribution in [3.8, 4) is 0 Å². The predicted molar refractivity (Wildman–Crippen MR) is 201 cm³/mol. The first-order chi connectivity index (χ1) is 23.7. The van der Waals surface area contributed by atoms with Crippen LogP contribution in [0.5, 0.6) is 0 Å². The molecule has 0 saturated heterocycles. The van der Waals surface area contributed by atoms with Crippen LogP contribution >= 0.6 is 0 Å². The van der Waals surface area contributed by atoms with Crippen LogP contribution in [0.2, 0.25) is 0 Å². The molecule has 6 aliphatic carbocycles. The molecule has 0 heterocycles. The minimum atomic E-state index is -3.65. The van der Waals surface area contributed by atoms with Gasteiger partial charge in [-0.15, -0.1) is 0 Å². The molecule has 0 aromatic heterocycles. The summed E-state index contributed by atoms with van der Waals surface area (Å²) in [7, 11) is -3.65. The first kappa shape index (κ1) is 39.6. The zero-order chi connectivity index (χ0) is 38.8. The second-order valence-corrected chi connectivity index (χ2v) is 22.6. The number of amides is 1. The van der Waals surface area contributed by atoms with Gasteiger partial charge in [0.15, 0.2) is 5.78 Å². The molecular formula is C42H66N2O7S. The summed E-state index contributed by atoms with van der Waals surface area (Å²) in [5.41, 5.74) is -0.839. The van der Waals surface area contributed by atoms with E-state index in [2.05, 4.69) is 58.5 Å². The first-order valence-corrected chi connectivity index (χ1v) is 21.9. The molecule has 6 aliphatic rings. The standard InChI is InChI=1S/C42H66N2O7S/c1-24(2)32-28(46)22-42(43-35(48)38(7,8)44-52(12,49)50)20-19-40(10)26(33(32)42)13-14-30-39(9)17-16-31(37(5,6)29(39)15-18-41(30,40)11)51-34(47)27-21-25(23-45)36(27,3)4/h23-27,29-31,44H,13-22H2,1-12H3,(H,43,48)/t25-,26+,27+,29-,30+,31-,39-,40+,41+,42+/m0/s1. The lowest BCUT2D eigenvalue weighted by Gasteiger charge is -2.72. The smallest absolute Gasteiger partial charge is 0.309 e. The van der Waals surface area contributed by atoms with Crippen LogP contribution in [0.15, 0.2) is 11.1 Å². The summed E-state index contributed by atoms with van der Waals surface area (Å²) in [4.78, 5) is 53.0. The summed E-state index contributed by atoms with van der Waals surface area (Å²) in [6, 6.07) is 0. The summed E-state index contributed by atoms with van der Waals surface area (Å²) < 4.78 is 33.3. The van der Waals surface area contributed by atoms with Crippen molar-refractivity contribution in [2.75, 3.05) is 6.26 Å². The molecule has 2 N–H and O–H groups in total. The molecule has 10 atom stereocenters. The first-order valence-electron chi connectivity index (χ1n) is 20.0. The number of Topliss-reactive ketones (excluding diaryl/α,β-unsaturated/α-hetero) is 1. The summed E-state index contributed by atoms with van der Waals surface area (Å²) in [6.07, 6.45) is 10.1. The lowest BCUT2D eigenvalue weighted by atomic mass is 9.33. The maximum Gasteiger partial charge on any atom is 0.309 e. The molecular weight excluding hydrogens is 677 g/mol. The third-order valence-corrected chi connectivity index (χ3v) is 17.7. The van der Waals surface area contributed by atoms with E-state index in [1.807, 2.05) is 13.8 Å². The molecule has 0 aliphatic heterocycles. The van der Waals surface area contributed by atoms with Crippen LogP contribution in [0.25, 0.3) is 0 Å². The monoisotopic (exact) mass is 742 g/mol. The van der Waals surface area contributed by atoms with E-state index in [4.69, 9.17) is 4.74 Å². The lowest BCUT2D eigenvalue weighted by Crippen LogP contribution is -2.68. The second-order valence-electron chi connectivity index (χ2n) is 20.9. The number of carbonyl (C=O) groups excluding carboxylic acids is 4. The average molecular weight is 743 g/mol. The Hall–Kier alpha value is -2.07. The number of ether oxygens (including phenoxy) is 1. The zero-order valence-corrected chi connectivity index (χ0v) is 34.8. The van der Waals surface area contributed by atoms with Gasteiger partial charge < -0.3 is 14.8 Å². The molecule has 10 heteroatoms. The van der Waals surface area contributed by atoms with E-state index < -0.39 is 27.0 Å². The Morgan fingerprint density at radius 3 is 2.12 bits per heavy atom. The number of aldehydes is 1. The minimum absolute atomic E-state index is 0.00539. The van der Waals surface area contributed by atoms with Gasteiger partial charge in [0.25, 0.3) is 0 Å². The van der Waals surface area contributed by atoms with Gasteiger partial charge in [-0.2, -0.15) is 0 Å². The summed E-state index contributed by atoms with van der Waals surface area (Å²) in [6.45, 7) is 23.4. The fourth-order valence-electron chi connectivity index (χ4n) is 13.6. The van der Waals surface area contributed by atoms with Crippen molar-refractivity contribution in [2.45, 2.75) is 158 Å². The van der Waals surface area contributed by atoms with Crippen molar-refractivity contribution in [1.82, 2.24) is 10.0 Å². The minimum Gasteiger partial charge on any atom is -0.462 e. The highest BCUT2D eigenvalue weighted by molar-refractivity contribution is 7.88. The summed E-state index contributed by atoms with van der Waals surface area (Å²) in [5, 5.41) is 3.31. The van der Waals surface area contributed by atoms with Crippen molar-refractivity contribution in [3.63, 3.8) is 0 Å². The summed E-state index contributed by atoms with van der Waals surface area (Å²) in [5.74, 6) is 0.187. The van der Waals surface area contributed by atoms with E-state index >= 15 is 0 Å². The topological polar surface area (TPSA) is 136 Å². The van der Waals surface area contributed by atoms with Gasteiger partial charge in [-0.3, -0.25) is 14.4 Å². The highest BCUT2D eigenvalue weighted by atomic mass is 32.2. The third-order valence-electron chi connectivity index (χ3n) is 16.8. The lowest BCUT2D eigenvalue weighted by molar-refractivity contribution is -0.235. The van der Waals surface area contributed by atoms with Gasteiger partial charge in [-0.05, 0) is 128 Å². The molecule has 292 valence electrons. The van der Waals surface area contributed by atoms with Gasteiger partial charge in [0.2, 0.25) is 15.9 Å². The van der Waals surface area contributed by atoms with Gasteiger partial charge >= 0.3 is 5.97 Å². The number of esters is 1. The number of hydrogen-bond acceptors (Lipinski definition) is 7. The van der Waals surface area contributed by atoms with E-state index in [1.54, 1.807) is 13.8 Å². The molecule has 0 aromatic carbocycles. The van der Waals surface area contributed by atoms with E-state index in [0.717, 1.165) is 68.6 Å². The number of ketones is 1. The Morgan fingerprint density at radius 1 is 0.885 bits per heavy atom. The highest BCUT2D eigenvalue weighted by Gasteiger charge is 2.70. The SMILES string of the molecule is CC(C)C1=C2[C@H]3CC[C@@H]4[C@@]5(C)CC[C@H](OC(=O)[C@H]6C[C@@H](C=O)C6(C)C)C(C)(C)[C@@H]5CC[C@@]4(C)[C@]3(C)CC[C@@]2(NC(=O)C(C)(C)NS(C)(=O)=O)CC1=O. The molecule has 5 saturated carbocycles. The fraction of sp³-hybridized carbons (Fsp3) is 0.857. The normalized spacial score (nSPS) is 42.3. The zero-order valence-electron chi connectivity index (χ0n) is 34.0. The molecule has 52 heavy (non-hydrogen) atoms. The van der Waals surface area contributed by atoms with Crippen LogP contribution in [-0.2, 0) is 33.9 Å². The van der Waals surface area contributed by atoms with Crippen LogP contribution in [0, 0.1) is 62.6 Å². The maximum absolute atomic E-state index is 14.0. The van der Waals surface area contributed by atoms with Crippen molar-refractivity contribution in [2.24, 2.45) is 62.6 Å². The number of carbonyl (C=O) groups is 4. The van der Waals surface area contributed by atoms with Crippen LogP contribution in [-0.4, -0.2) is 55.8 Å². The third kappa shape index (κ3) is 5.63. The van der Waals surface area contributed by atoms with Gasteiger partial charge in [0, 0.05) is 17.8 Å². The van der Waals surface area contributed by atoms with Crippen molar-refractivity contribution >= 4 is 34.0 Å². The van der Waals surface area contributed by atoms with Crippen molar-refractivity contribution < 1.29 is 32.3 Å². The Labute approximate surface area is 313 Å². The van der Waals surface area contributed by atoms with E-state index in [1.165, 1.54) is 0 Å². The van der Waals surface area contributed by atoms with Gasteiger partial charge in [-0.25, -0.2) is 13.1 Å². The quantitative estimate of drug-likeness (QED) is 0.203. The number of sulfonamides is 1. The van der Waals surface area contributed by atoms with Gasteiger partial charge in [0.1, 0.15) is 17.9 Å².